The number of fused-ring (bicyclic) bond motifs is 3. The zero-order chi connectivity index (χ0) is 15.2. The van der Waals surface area contributed by atoms with Gasteiger partial charge in [0.05, 0.1) is 5.69 Å². The molecule has 4 heteroatoms. The predicted octanol–water partition coefficient (Wildman–Crippen LogP) is 3.82. The molecule has 1 aromatic carbocycles. The second kappa shape index (κ2) is 4.95. The highest BCUT2D eigenvalue weighted by Gasteiger charge is 2.37. The molecular formula is C17H20N2OS. The number of nitrogens with one attached hydrogen (secondary N) is 1. The van der Waals surface area contributed by atoms with E-state index in [0.29, 0.717) is 11.3 Å². The third-order valence-corrected chi connectivity index (χ3v) is 5.08. The fraction of sp³-hybridized carbons (Fsp3) is 0.412. The molecule has 1 unspecified atom stereocenters. The van der Waals surface area contributed by atoms with Crippen molar-refractivity contribution in [1.29, 1.82) is 0 Å². The number of nitrogens with zero attached hydrogens (tertiary/aromatic N) is 1. The van der Waals surface area contributed by atoms with E-state index >= 15 is 0 Å². The first-order valence-corrected chi connectivity index (χ1v) is 7.88. The van der Waals surface area contributed by atoms with Gasteiger partial charge in [0.1, 0.15) is 0 Å². The van der Waals surface area contributed by atoms with Gasteiger partial charge in [-0.25, -0.2) is 0 Å². The Morgan fingerprint density at radius 3 is 2.71 bits per heavy atom. The van der Waals surface area contributed by atoms with Gasteiger partial charge in [-0.3, -0.25) is 9.36 Å². The lowest BCUT2D eigenvalue weighted by Crippen LogP contribution is -2.39. The molecule has 0 fully saturated rings. The van der Waals surface area contributed by atoms with E-state index in [4.69, 9.17) is 12.2 Å². The zero-order valence-corrected chi connectivity index (χ0v) is 13.5. The summed E-state index contributed by atoms with van der Waals surface area (Å²) in [5.41, 5.74) is 4.13. The molecule has 3 nitrogen and oxygen atoms in total. The summed E-state index contributed by atoms with van der Waals surface area (Å²) in [4.78, 5) is 16.2. The average molecular weight is 300 g/mol. The highest BCUT2D eigenvalue weighted by molar-refractivity contribution is 7.71. The van der Waals surface area contributed by atoms with Crippen LogP contribution in [0.2, 0.25) is 0 Å². The standard InChI is InChI=1S/C17H20N2OS/c1-4-17(3)10-11-8-6-7-9-12(11)14-13(17)15(20)19(5-2)16(21)18-14/h6-9H,4-5,10H2,1-3H3,(H,18,21). The third kappa shape index (κ3) is 2.01. The molecule has 0 radical (unpaired) electrons. The molecule has 1 aliphatic carbocycles. The van der Waals surface area contributed by atoms with Gasteiger partial charge < -0.3 is 4.98 Å². The second-order valence-corrected chi connectivity index (χ2v) is 6.36. The van der Waals surface area contributed by atoms with E-state index < -0.39 is 0 Å². The summed E-state index contributed by atoms with van der Waals surface area (Å²) in [5, 5.41) is 0. The number of hydrogen-bond donors (Lipinski definition) is 1. The van der Waals surface area contributed by atoms with Crippen LogP contribution in [-0.2, 0) is 18.4 Å². The number of hydrogen-bond acceptors (Lipinski definition) is 2. The van der Waals surface area contributed by atoms with Gasteiger partial charge in [-0.15, -0.1) is 0 Å². The Kier molecular flexibility index (Phi) is 3.36. The third-order valence-electron chi connectivity index (χ3n) is 4.75. The molecule has 110 valence electrons. The maximum absolute atomic E-state index is 12.9. The van der Waals surface area contributed by atoms with Gasteiger partial charge in [-0.1, -0.05) is 38.1 Å². The fourth-order valence-corrected chi connectivity index (χ4v) is 3.66. The summed E-state index contributed by atoms with van der Waals surface area (Å²) in [6, 6.07) is 8.29. The van der Waals surface area contributed by atoms with Crippen LogP contribution in [0.4, 0.5) is 0 Å². The molecule has 0 spiro atoms. The van der Waals surface area contributed by atoms with Gasteiger partial charge >= 0.3 is 0 Å². The Bertz CT molecular complexity index is 818. The SMILES string of the molecule is CCn1c(=S)[nH]c2c(c1=O)C(C)(CC)Cc1ccccc1-2. The van der Waals surface area contributed by atoms with Crippen LogP contribution < -0.4 is 5.56 Å². The molecule has 1 aromatic heterocycles. The molecule has 1 aliphatic rings. The minimum atomic E-state index is -0.142. The summed E-state index contributed by atoms with van der Waals surface area (Å²) in [6.45, 7) is 6.88. The van der Waals surface area contributed by atoms with Crippen LogP contribution in [0.1, 0.15) is 38.3 Å². The summed E-state index contributed by atoms with van der Waals surface area (Å²) >= 11 is 5.37. The van der Waals surface area contributed by atoms with Crippen LogP contribution in [0.15, 0.2) is 29.1 Å². The second-order valence-electron chi connectivity index (χ2n) is 5.98. The van der Waals surface area contributed by atoms with Crippen LogP contribution in [0.3, 0.4) is 0 Å². The highest BCUT2D eigenvalue weighted by atomic mass is 32.1. The van der Waals surface area contributed by atoms with Gasteiger partial charge in [0.25, 0.3) is 5.56 Å². The molecule has 1 heterocycles. The molecule has 21 heavy (non-hydrogen) atoms. The smallest absolute Gasteiger partial charge is 0.258 e. The highest BCUT2D eigenvalue weighted by Crippen LogP contribution is 2.42. The van der Waals surface area contributed by atoms with E-state index in [-0.39, 0.29) is 11.0 Å². The van der Waals surface area contributed by atoms with E-state index in [1.54, 1.807) is 4.57 Å². The average Bonchev–Trinajstić information content (AvgIpc) is 2.47. The number of rotatable bonds is 2. The zero-order valence-electron chi connectivity index (χ0n) is 12.7. The van der Waals surface area contributed by atoms with E-state index in [9.17, 15) is 4.79 Å². The lowest BCUT2D eigenvalue weighted by atomic mass is 9.69. The number of aromatic amines is 1. The van der Waals surface area contributed by atoms with Crippen molar-refractivity contribution in [1.82, 2.24) is 9.55 Å². The van der Waals surface area contributed by atoms with Crippen molar-refractivity contribution in [3.63, 3.8) is 0 Å². The summed E-state index contributed by atoms with van der Waals surface area (Å²) in [7, 11) is 0. The fourth-order valence-electron chi connectivity index (χ4n) is 3.35. The molecule has 3 rings (SSSR count). The lowest BCUT2D eigenvalue weighted by molar-refractivity contribution is 0.434. The van der Waals surface area contributed by atoms with Gasteiger partial charge in [0.15, 0.2) is 4.77 Å². The molecule has 2 aromatic rings. The first kappa shape index (κ1) is 14.3. The minimum Gasteiger partial charge on any atom is -0.331 e. The van der Waals surface area contributed by atoms with Crippen LogP contribution in [-0.4, -0.2) is 9.55 Å². The summed E-state index contributed by atoms with van der Waals surface area (Å²) in [6.07, 6.45) is 1.83. The molecular weight excluding hydrogens is 280 g/mol. The molecule has 0 saturated heterocycles. The molecule has 0 aliphatic heterocycles. The molecule has 0 bridgehead atoms. The Labute approximate surface area is 129 Å². The van der Waals surface area contributed by atoms with Crippen molar-refractivity contribution < 1.29 is 0 Å². The summed E-state index contributed by atoms with van der Waals surface area (Å²) in [5.74, 6) is 0. The first-order chi connectivity index (χ1) is 10.0. The first-order valence-electron chi connectivity index (χ1n) is 7.47. The predicted molar refractivity (Wildman–Crippen MR) is 88.3 cm³/mol. The molecule has 1 atom stereocenters. The minimum absolute atomic E-state index is 0.0649. The van der Waals surface area contributed by atoms with Crippen LogP contribution >= 0.6 is 12.2 Å². The Morgan fingerprint density at radius 1 is 1.33 bits per heavy atom. The number of H-pyrrole nitrogens is 1. The van der Waals surface area contributed by atoms with Crippen LogP contribution in [0.5, 0.6) is 0 Å². The van der Waals surface area contributed by atoms with Gasteiger partial charge in [-0.2, -0.15) is 0 Å². The monoisotopic (exact) mass is 300 g/mol. The molecule has 0 saturated carbocycles. The quantitative estimate of drug-likeness (QED) is 0.856. The van der Waals surface area contributed by atoms with Crippen molar-refractivity contribution in [3.8, 4) is 11.3 Å². The summed E-state index contributed by atoms with van der Waals surface area (Å²) < 4.78 is 2.17. The molecule has 1 N–H and O–H groups in total. The lowest BCUT2D eigenvalue weighted by Gasteiger charge is -2.35. The van der Waals surface area contributed by atoms with Crippen molar-refractivity contribution in [2.24, 2.45) is 0 Å². The van der Waals surface area contributed by atoms with E-state index in [1.165, 1.54) is 5.56 Å². The number of benzene rings is 1. The van der Waals surface area contributed by atoms with Gasteiger partial charge in [-0.05, 0) is 37.5 Å². The van der Waals surface area contributed by atoms with E-state index in [1.807, 2.05) is 13.0 Å². The Balaban J connectivity index is 2.46. The normalized spacial score (nSPS) is 20.0. The van der Waals surface area contributed by atoms with Crippen molar-refractivity contribution >= 4 is 12.2 Å². The van der Waals surface area contributed by atoms with Crippen molar-refractivity contribution in [2.45, 2.75) is 45.6 Å². The van der Waals surface area contributed by atoms with E-state index in [0.717, 1.165) is 29.7 Å². The Hall–Kier alpha value is -1.68. The van der Waals surface area contributed by atoms with Crippen LogP contribution in [0.25, 0.3) is 11.3 Å². The maximum atomic E-state index is 12.9. The van der Waals surface area contributed by atoms with Crippen molar-refractivity contribution in [2.75, 3.05) is 0 Å². The largest absolute Gasteiger partial charge is 0.331 e. The topological polar surface area (TPSA) is 37.8 Å². The van der Waals surface area contributed by atoms with Crippen LogP contribution in [0, 0.1) is 4.77 Å². The molecule has 0 amide bonds. The number of aromatic nitrogens is 2. The van der Waals surface area contributed by atoms with E-state index in [2.05, 4.69) is 37.0 Å². The van der Waals surface area contributed by atoms with Gasteiger partial charge in [0, 0.05) is 23.1 Å². The maximum Gasteiger partial charge on any atom is 0.258 e. The van der Waals surface area contributed by atoms with Crippen molar-refractivity contribution in [3.05, 3.63) is 50.5 Å². The Morgan fingerprint density at radius 2 is 2.05 bits per heavy atom. The van der Waals surface area contributed by atoms with Gasteiger partial charge in [0.2, 0.25) is 0 Å².